The largest absolute Gasteiger partial charge is 0.487 e. The van der Waals surface area contributed by atoms with Gasteiger partial charge >= 0.3 is 6.18 Å². The molecule has 0 saturated carbocycles. The lowest BCUT2D eigenvalue weighted by Crippen LogP contribution is -2.47. The van der Waals surface area contributed by atoms with E-state index in [0.29, 0.717) is 29.2 Å². The van der Waals surface area contributed by atoms with E-state index in [2.05, 4.69) is 5.32 Å². The molecule has 2 heterocycles. The van der Waals surface area contributed by atoms with Crippen LogP contribution in [-0.4, -0.2) is 59.1 Å². The van der Waals surface area contributed by atoms with Crippen LogP contribution < -0.4 is 19.7 Å². The molecule has 0 aliphatic carbocycles. The second kappa shape index (κ2) is 9.79. The maximum absolute atomic E-state index is 13.4. The number of hydrogen-bond acceptors (Lipinski definition) is 6. The van der Waals surface area contributed by atoms with Gasteiger partial charge in [-0.1, -0.05) is 12.1 Å². The zero-order valence-corrected chi connectivity index (χ0v) is 19.7. The fraction of sp³-hybridized carbons (Fsp3) is 0.400. The minimum Gasteiger partial charge on any atom is -0.487 e. The summed E-state index contributed by atoms with van der Waals surface area (Å²) in [4.78, 5) is 15.1. The topological polar surface area (TPSA) is 69.3 Å². The third-order valence-corrected chi connectivity index (χ3v) is 5.95. The highest BCUT2D eigenvalue weighted by Crippen LogP contribution is 2.44. The van der Waals surface area contributed by atoms with Gasteiger partial charge in [-0.25, -0.2) is 0 Å². The number of carbonyl (C=O) groups is 1. The van der Waals surface area contributed by atoms with E-state index in [9.17, 15) is 18.0 Å². The fourth-order valence-corrected chi connectivity index (χ4v) is 4.43. The Bertz CT molecular complexity index is 1130. The first-order chi connectivity index (χ1) is 16.7. The number of alkyl halides is 3. The number of anilines is 2. The van der Waals surface area contributed by atoms with E-state index < -0.39 is 23.2 Å². The number of fused-ring (bicyclic) bond motifs is 2. The van der Waals surface area contributed by atoms with E-state index in [-0.39, 0.29) is 25.4 Å². The highest BCUT2D eigenvalue weighted by atomic mass is 19.4. The van der Waals surface area contributed by atoms with Crippen LogP contribution in [0.2, 0.25) is 0 Å². The molecule has 0 bridgehead atoms. The van der Waals surface area contributed by atoms with Crippen molar-refractivity contribution in [3.63, 3.8) is 0 Å². The summed E-state index contributed by atoms with van der Waals surface area (Å²) < 4.78 is 62.5. The lowest BCUT2D eigenvalue weighted by molar-refractivity contribution is -0.138. The highest BCUT2D eigenvalue weighted by Gasteiger charge is 2.41. The summed E-state index contributed by atoms with van der Waals surface area (Å²) in [7, 11) is 4.87. The summed E-state index contributed by atoms with van der Waals surface area (Å²) in [6.45, 7) is 1.33. The number of carbonyl (C=O) groups excluding carboxylic acids is 1. The minimum absolute atomic E-state index is 0.0151. The van der Waals surface area contributed by atoms with E-state index in [4.69, 9.17) is 18.9 Å². The second-order valence-corrected chi connectivity index (χ2v) is 8.62. The van der Waals surface area contributed by atoms with Crippen LogP contribution in [0.1, 0.15) is 17.5 Å². The molecule has 0 aromatic heterocycles. The molecule has 10 heteroatoms. The first-order valence-corrected chi connectivity index (χ1v) is 11.0. The number of benzene rings is 2. The first-order valence-electron chi connectivity index (χ1n) is 11.0. The van der Waals surface area contributed by atoms with Crippen molar-refractivity contribution in [1.29, 1.82) is 0 Å². The summed E-state index contributed by atoms with van der Waals surface area (Å²) in [6.07, 6.45) is -2.96. The van der Waals surface area contributed by atoms with Crippen LogP contribution in [0, 0.1) is 0 Å². The molecule has 2 aromatic rings. The smallest absolute Gasteiger partial charge is 0.416 e. The number of rotatable bonds is 6. The highest BCUT2D eigenvalue weighted by molar-refractivity contribution is 6.05. The molecule has 0 saturated heterocycles. The Kier molecular flexibility index (Phi) is 6.95. The van der Waals surface area contributed by atoms with E-state index in [1.165, 1.54) is 26.4 Å². The van der Waals surface area contributed by atoms with Gasteiger partial charge < -0.3 is 29.2 Å². The molecule has 1 N–H and O–H groups in total. The van der Waals surface area contributed by atoms with Gasteiger partial charge in [-0.2, -0.15) is 13.2 Å². The SMILES string of the molecule is COCC1(COC)CC(=CC(=O)Nc2cccc3c2OCCN3C)c2ccc(C(F)(F)F)cc2O1. The number of amides is 1. The van der Waals surface area contributed by atoms with Crippen LogP contribution in [0.5, 0.6) is 11.5 Å². The molecule has 188 valence electrons. The molecular weight excluding hydrogens is 465 g/mol. The fourth-order valence-electron chi connectivity index (χ4n) is 4.43. The molecule has 4 rings (SSSR count). The van der Waals surface area contributed by atoms with E-state index in [0.717, 1.165) is 24.4 Å². The van der Waals surface area contributed by atoms with Gasteiger partial charge in [-0.05, 0) is 29.8 Å². The minimum atomic E-state index is -4.54. The van der Waals surface area contributed by atoms with Gasteiger partial charge in [0.05, 0.1) is 36.7 Å². The lowest BCUT2D eigenvalue weighted by atomic mass is 9.86. The van der Waals surface area contributed by atoms with Gasteiger partial charge in [0.2, 0.25) is 5.91 Å². The molecule has 2 aliphatic rings. The van der Waals surface area contributed by atoms with E-state index >= 15 is 0 Å². The molecule has 0 radical (unpaired) electrons. The van der Waals surface area contributed by atoms with Gasteiger partial charge in [-0.15, -0.1) is 0 Å². The molecule has 0 fully saturated rings. The number of nitrogens with zero attached hydrogens (tertiary/aromatic N) is 1. The molecule has 0 spiro atoms. The average Bonchev–Trinajstić information content (AvgIpc) is 2.79. The summed E-state index contributed by atoms with van der Waals surface area (Å²) in [6, 6.07) is 8.70. The van der Waals surface area contributed by atoms with Crippen molar-refractivity contribution in [2.45, 2.75) is 18.2 Å². The zero-order valence-electron chi connectivity index (χ0n) is 19.7. The van der Waals surface area contributed by atoms with Crippen LogP contribution in [0.3, 0.4) is 0 Å². The monoisotopic (exact) mass is 492 g/mol. The molecule has 1 amide bonds. The quantitative estimate of drug-likeness (QED) is 0.604. The van der Waals surface area contributed by atoms with Gasteiger partial charge in [0.25, 0.3) is 0 Å². The Morgan fingerprint density at radius 2 is 1.94 bits per heavy atom. The second-order valence-electron chi connectivity index (χ2n) is 8.62. The first kappa shape index (κ1) is 24.9. The number of likely N-dealkylation sites (N-methyl/N-ethyl adjacent to an activating group) is 1. The number of methoxy groups -OCH3 is 2. The number of hydrogen-bond donors (Lipinski definition) is 1. The summed E-state index contributed by atoms with van der Waals surface area (Å²) >= 11 is 0. The number of nitrogens with one attached hydrogen (secondary N) is 1. The molecular formula is C25H27F3N2O5. The predicted molar refractivity (Wildman–Crippen MR) is 125 cm³/mol. The van der Waals surface area contributed by atoms with Crippen LogP contribution in [-0.2, 0) is 20.4 Å². The van der Waals surface area contributed by atoms with Gasteiger partial charge in [0.1, 0.15) is 12.4 Å². The zero-order chi connectivity index (χ0) is 25.2. The summed E-state index contributed by atoms with van der Waals surface area (Å²) in [5.74, 6) is 0.145. The van der Waals surface area contributed by atoms with Crippen LogP contribution in [0.15, 0.2) is 42.5 Å². The van der Waals surface area contributed by atoms with Gasteiger partial charge in [0.15, 0.2) is 11.4 Å². The maximum Gasteiger partial charge on any atom is 0.416 e. The third-order valence-electron chi connectivity index (χ3n) is 5.95. The normalized spacial score (nSPS) is 17.8. The molecule has 0 atom stereocenters. The summed E-state index contributed by atoms with van der Waals surface area (Å²) in [5, 5.41) is 2.85. The third kappa shape index (κ3) is 5.23. The van der Waals surface area contributed by atoms with E-state index in [1.807, 2.05) is 24.1 Å². The van der Waals surface area contributed by atoms with Crippen molar-refractivity contribution in [2.24, 2.45) is 0 Å². The average molecular weight is 492 g/mol. The molecule has 0 unspecified atom stereocenters. The van der Waals surface area contributed by atoms with Crippen molar-refractivity contribution in [3.8, 4) is 11.5 Å². The Morgan fingerprint density at radius 1 is 1.20 bits per heavy atom. The van der Waals surface area contributed by atoms with Crippen molar-refractivity contribution in [3.05, 3.63) is 53.6 Å². The molecule has 35 heavy (non-hydrogen) atoms. The van der Waals surface area contributed by atoms with Crippen LogP contribution in [0.25, 0.3) is 5.57 Å². The van der Waals surface area contributed by atoms with Gasteiger partial charge in [0, 0.05) is 39.3 Å². The van der Waals surface area contributed by atoms with Crippen molar-refractivity contribution >= 4 is 22.9 Å². The van der Waals surface area contributed by atoms with E-state index in [1.54, 1.807) is 6.07 Å². The molecule has 7 nitrogen and oxygen atoms in total. The predicted octanol–water partition coefficient (Wildman–Crippen LogP) is 4.37. The van der Waals surface area contributed by atoms with Crippen molar-refractivity contribution in [1.82, 2.24) is 0 Å². The number of ether oxygens (including phenoxy) is 4. The Labute approximate surface area is 201 Å². The van der Waals surface area contributed by atoms with Crippen LogP contribution in [0.4, 0.5) is 24.5 Å². The Balaban J connectivity index is 1.70. The van der Waals surface area contributed by atoms with Crippen LogP contribution >= 0.6 is 0 Å². The van der Waals surface area contributed by atoms with Crippen molar-refractivity contribution in [2.75, 3.05) is 57.8 Å². The lowest BCUT2D eigenvalue weighted by Gasteiger charge is -2.39. The number of halogens is 3. The van der Waals surface area contributed by atoms with Gasteiger partial charge in [-0.3, -0.25) is 4.79 Å². The van der Waals surface area contributed by atoms with Crippen molar-refractivity contribution < 1.29 is 36.9 Å². The number of para-hydroxylation sites is 1. The molecule has 2 aliphatic heterocycles. The Hall–Kier alpha value is -3.24. The maximum atomic E-state index is 13.4. The molecule has 2 aromatic carbocycles. The summed E-state index contributed by atoms with van der Waals surface area (Å²) in [5.41, 5.74) is 0.344. The standard InChI is InChI=1S/C25H27F3N2O5/c1-30-9-10-34-23-19(5-4-6-20(23)30)29-22(31)11-16-13-24(14-32-2,15-33-3)35-21-12-17(25(26,27)28)7-8-18(16)21/h4-8,11-12H,9-10,13-15H2,1-3H3,(H,29,31). The Morgan fingerprint density at radius 3 is 2.63 bits per heavy atom.